The van der Waals surface area contributed by atoms with E-state index in [4.69, 9.17) is 15.9 Å². The van der Waals surface area contributed by atoms with Gasteiger partial charge in [0.25, 0.3) is 0 Å². The van der Waals surface area contributed by atoms with E-state index < -0.39 is 0 Å². The van der Waals surface area contributed by atoms with E-state index >= 15 is 0 Å². The van der Waals surface area contributed by atoms with Crippen molar-refractivity contribution in [3.05, 3.63) is 28.8 Å². The first-order valence-electron chi connectivity index (χ1n) is 5.55. The molecule has 0 aliphatic heterocycles. The highest BCUT2D eigenvalue weighted by Crippen LogP contribution is 2.25. The highest BCUT2D eigenvalue weighted by molar-refractivity contribution is 5.76. The van der Waals surface area contributed by atoms with E-state index in [1.54, 1.807) is 0 Å². The molecule has 3 heteroatoms. The van der Waals surface area contributed by atoms with Gasteiger partial charge in [0.1, 0.15) is 5.75 Å². The molecule has 0 saturated heterocycles. The van der Waals surface area contributed by atoms with Crippen LogP contribution < -0.4 is 10.5 Å². The van der Waals surface area contributed by atoms with E-state index in [9.17, 15) is 0 Å². The standard InChI is InChI=1S/C13H20N2O/c1-9-6-7-10(2)13(11(9)3)16-8-4-5-12(14)15/h6-7H,4-5,8H2,1-3H3,(H3,14,15). The average Bonchev–Trinajstić information content (AvgIpc) is 2.22. The van der Waals surface area contributed by atoms with E-state index in [0.29, 0.717) is 13.0 Å². The molecule has 16 heavy (non-hydrogen) atoms. The molecule has 0 aliphatic rings. The second-order valence-corrected chi connectivity index (χ2v) is 4.13. The summed E-state index contributed by atoms with van der Waals surface area (Å²) in [6, 6.07) is 4.18. The van der Waals surface area contributed by atoms with Gasteiger partial charge < -0.3 is 10.5 Å². The minimum atomic E-state index is 0.223. The summed E-state index contributed by atoms with van der Waals surface area (Å²) in [7, 11) is 0. The Morgan fingerprint density at radius 3 is 2.50 bits per heavy atom. The molecule has 0 amide bonds. The van der Waals surface area contributed by atoms with Gasteiger partial charge in [-0.15, -0.1) is 0 Å². The van der Waals surface area contributed by atoms with Crippen LogP contribution in [0.2, 0.25) is 0 Å². The molecule has 0 atom stereocenters. The van der Waals surface area contributed by atoms with Gasteiger partial charge >= 0.3 is 0 Å². The van der Waals surface area contributed by atoms with Gasteiger partial charge in [-0.05, 0) is 43.9 Å². The summed E-state index contributed by atoms with van der Waals surface area (Å²) in [5.41, 5.74) is 8.88. The monoisotopic (exact) mass is 220 g/mol. The molecular weight excluding hydrogens is 200 g/mol. The maximum absolute atomic E-state index is 7.12. The van der Waals surface area contributed by atoms with Gasteiger partial charge in [-0.3, -0.25) is 5.41 Å². The number of ether oxygens (including phenoxy) is 1. The molecule has 0 saturated carbocycles. The van der Waals surface area contributed by atoms with Crippen LogP contribution in [0.3, 0.4) is 0 Å². The number of hydrogen-bond donors (Lipinski definition) is 2. The van der Waals surface area contributed by atoms with Gasteiger partial charge in [-0.25, -0.2) is 0 Å². The van der Waals surface area contributed by atoms with Crippen LogP contribution in [-0.2, 0) is 0 Å². The van der Waals surface area contributed by atoms with E-state index in [-0.39, 0.29) is 5.84 Å². The highest BCUT2D eigenvalue weighted by Gasteiger charge is 2.05. The molecule has 1 aromatic carbocycles. The van der Waals surface area contributed by atoms with Crippen molar-refractivity contribution < 1.29 is 4.74 Å². The summed E-state index contributed by atoms with van der Waals surface area (Å²) in [5, 5.41) is 7.12. The smallest absolute Gasteiger partial charge is 0.125 e. The minimum Gasteiger partial charge on any atom is -0.493 e. The topological polar surface area (TPSA) is 59.1 Å². The minimum absolute atomic E-state index is 0.223. The Morgan fingerprint density at radius 1 is 1.25 bits per heavy atom. The zero-order valence-corrected chi connectivity index (χ0v) is 10.3. The van der Waals surface area contributed by atoms with Crippen LogP contribution in [0.15, 0.2) is 12.1 Å². The van der Waals surface area contributed by atoms with E-state index in [0.717, 1.165) is 17.7 Å². The summed E-state index contributed by atoms with van der Waals surface area (Å²) in [6.45, 7) is 6.82. The largest absolute Gasteiger partial charge is 0.493 e. The third kappa shape index (κ3) is 3.26. The number of nitrogens with two attached hydrogens (primary N) is 1. The number of aryl methyl sites for hydroxylation is 2. The average molecular weight is 220 g/mol. The second-order valence-electron chi connectivity index (χ2n) is 4.13. The zero-order chi connectivity index (χ0) is 12.1. The predicted molar refractivity (Wildman–Crippen MR) is 67.3 cm³/mol. The summed E-state index contributed by atoms with van der Waals surface area (Å²) in [6.07, 6.45) is 1.39. The van der Waals surface area contributed by atoms with Crippen LogP contribution in [0.1, 0.15) is 29.5 Å². The third-order valence-corrected chi connectivity index (χ3v) is 2.71. The van der Waals surface area contributed by atoms with Crippen LogP contribution in [0.25, 0.3) is 0 Å². The fourth-order valence-corrected chi connectivity index (χ4v) is 1.58. The first-order valence-corrected chi connectivity index (χ1v) is 5.55. The van der Waals surface area contributed by atoms with Gasteiger partial charge in [0.2, 0.25) is 0 Å². The van der Waals surface area contributed by atoms with Crippen molar-refractivity contribution in [1.82, 2.24) is 0 Å². The van der Waals surface area contributed by atoms with Gasteiger partial charge in [0, 0.05) is 6.42 Å². The molecule has 1 aromatic rings. The lowest BCUT2D eigenvalue weighted by Gasteiger charge is -2.13. The maximum Gasteiger partial charge on any atom is 0.125 e. The number of benzene rings is 1. The van der Waals surface area contributed by atoms with Gasteiger partial charge in [0.05, 0.1) is 12.4 Å². The van der Waals surface area contributed by atoms with Crippen molar-refractivity contribution in [2.45, 2.75) is 33.6 Å². The van der Waals surface area contributed by atoms with Crippen LogP contribution >= 0.6 is 0 Å². The fraction of sp³-hybridized carbons (Fsp3) is 0.462. The molecule has 0 aromatic heterocycles. The van der Waals surface area contributed by atoms with Crippen molar-refractivity contribution in [3.8, 4) is 5.75 Å². The molecule has 3 N–H and O–H groups in total. The quantitative estimate of drug-likeness (QED) is 0.455. The molecule has 0 fully saturated rings. The van der Waals surface area contributed by atoms with Crippen LogP contribution in [0.4, 0.5) is 0 Å². The second kappa shape index (κ2) is 5.54. The van der Waals surface area contributed by atoms with Crippen molar-refractivity contribution in [1.29, 1.82) is 5.41 Å². The number of rotatable bonds is 5. The lowest BCUT2D eigenvalue weighted by Crippen LogP contribution is -2.11. The van der Waals surface area contributed by atoms with Crippen molar-refractivity contribution in [2.24, 2.45) is 5.73 Å². The van der Waals surface area contributed by atoms with E-state index in [1.807, 2.05) is 6.92 Å². The van der Waals surface area contributed by atoms with Crippen LogP contribution in [0, 0.1) is 26.2 Å². The Balaban J connectivity index is 2.60. The molecule has 3 nitrogen and oxygen atoms in total. The molecule has 0 heterocycles. The van der Waals surface area contributed by atoms with Crippen molar-refractivity contribution in [2.75, 3.05) is 6.61 Å². The highest BCUT2D eigenvalue weighted by atomic mass is 16.5. The Morgan fingerprint density at radius 2 is 1.88 bits per heavy atom. The normalized spacial score (nSPS) is 10.2. The molecule has 0 aliphatic carbocycles. The first kappa shape index (κ1) is 12.6. The Hall–Kier alpha value is -1.51. The Kier molecular flexibility index (Phi) is 4.35. The lowest BCUT2D eigenvalue weighted by molar-refractivity contribution is 0.309. The molecule has 0 spiro atoms. The summed E-state index contributed by atoms with van der Waals surface area (Å²) < 4.78 is 5.75. The third-order valence-electron chi connectivity index (χ3n) is 2.71. The SMILES string of the molecule is Cc1ccc(C)c(OCCCC(=N)N)c1C. The maximum atomic E-state index is 7.12. The number of hydrogen-bond acceptors (Lipinski definition) is 2. The summed E-state index contributed by atoms with van der Waals surface area (Å²) in [5.74, 6) is 1.20. The van der Waals surface area contributed by atoms with Crippen LogP contribution in [0.5, 0.6) is 5.75 Å². The fourth-order valence-electron chi connectivity index (χ4n) is 1.58. The van der Waals surface area contributed by atoms with Gasteiger partial charge in [-0.1, -0.05) is 12.1 Å². The van der Waals surface area contributed by atoms with E-state index in [2.05, 4.69) is 26.0 Å². The lowest BCUT2D eigenvalue weighted by atomic mass is 10.1. The van der Waals surface area contributed by atoms with E-state index in [1.165, 1.54) is 11.1 Å². The number of amidine groups is 1. The Labute approximate surface area is 97.1 Å². The summed E-state index contributed by atoms with van der Waals surface area (Å²) in [4.78, 5) is 0. The van der Waals surface area contributed by atoms with Crippen LogP contribution in [-0.4, -0.2) is 12.4 Å². The molecule has 0 unspecified atom stereocenters. The number of nitrogens with one attached hydrogen (secondary N) is 1. The van der Waals surface area contributed by atoms with Crippen molar-refractivity contribution >= 4 is 5.84 Å². The van der Waals surface area contributed by atoms with Crippen molar-refractivity contribution in [3.63, 3.8) is 0 Å². The van der Waals surface area contributed by atoms with Gasteiger partial charge in [0.15, 0.2) is 0 Å². The molecule has 1 rings (SSSR count). The van der Waals surface area contributed by atoms with Gasteiger partial charge in [-0.2, -0.15) is 0 Å². The summed E-state index contributed by atoms with van der Waals surface area (Å²) >= 11 is 0. The molecule has 88 valence electrons. The molecule has 0 bridgehead atoms. The molecular formula is C13H20N2O. The zero-order valence-electron chi connectivity index (χ0n) is 10.3. The predicted octanol–water partition coefficient (Wildman–Crippen LogP) is 2.71. The first-order chi connectivity index (χ1) is 7.52. The Bertz CT molecular complexity index is 386. The molecule has 0 radical (unpaired) electrons.